The number of para-hydroxylation sites is 1. The molecule has 35 heavy (non-hydrogen) atoms. The molecule has 0 saturated heterocycles. The Bertz CT molecular complexity index is 1100. The van der Waals surface area contributed by atoms with E-state index < -0.39 is 0 Å². The first kappa shape index (κ1) is 29.0. The molecule has 2 aromatic carbocycles. The molecule has 1 aromatic heterocycles. The van der Waals surface area contributed by atoms with Crippen molar-refractivity contribution in [2.45, 2.75) is 25.7 Å². The summed E-state index contributed by atoms with van der Waals surface area (Å²) in [5.41, 5.74) is 1.40. The van der Waals surface area contributed by atoms with Crippen molar-refractivity contribution in [3.8, 4) is 17.2 Å². The molecule has 1 amide bonds. The van der Waals surface area contributed by atoms with Crippen LogP contribution in [0, 0.1) is 0 Å². The number of anilines is 1. The number of halogens is 1. The van der Waals surface area contributed by atoms with Gasteiger partial charge in [0.2, 0.25) is 5.75 Å². The zero-order chi connectivity index (χ0) is 24.7. The monoisotopic (exact) mass is 539 g/mol. The fourth-order valence-electron chi connectivity index (χ4n) is 3.44. The Morgan fingerprint density at radius 2 is 1.63 bits per heavy atom. The lowest BCUT2D eigenvalue weighted by Gasteiger charge is -2.23. The van der Waals surface area contributed by atoms with Crippen molar-refractivity contribution in [3.05, 3.63) is 35.9 Å². The van der Waals surface area contributed by atoms with Crippen LogP contribution < -0.4 is 19.1 Å². The molecule has 10 heteroatoms. The van der Waals surface area contributed by atoms with Crippen LogP contribution in [0.1, 0.15) is 31.1 Å². The molecule has 0 unspecified atom stereocenters. The summed E-state index contributed by atoms with van der Waals surface area (Å²) in [4.78, 5) is 23.7. The van der Waals surface area contributed by atoms with Crippen LogP contribution in [0.15, 0.2) is 35.2 Å². The molecule has 7 nitrogen and oxygen atoms in total. The van der Waals surface area contributed by atoms with Crippen molar-refractivity contribution < 1.29 is 19.0 Å². The molecule has 0 radical (unpaired) electrons. The number of carbonyl (C=O) groups excluding carboxylic acids is 1. The zero-order valence-corrected chi connectivity index (χ0v) is 23.6. The van der Waals surface area contributed by atoms with Crippen molar-refractivity contribution in [3.63, 3.8) is 0 Å². The Hall–Kier alpha value is -2.20. The smallest absolute Gasteiger partial charge is 0.260 e. The van der Waals surface area contributed by atoms with Crippen molar-refractivity contribution in [2.75, 3.05) is 58.2 Å². The van der Waals surface area contributed by atoms with Crippen LogP contribution >= 0.6 is 35.5 Å². The third-order valence-corrected chi connectivity index (χ3v) is 6.81. The number of hydrogen-bond acceptors (Lipinski definition) is 8. The Morgan fingerprint density at radius 3 is 2.17 bits per heavy atom. The highest BCUT2D eigenvalue weighted by Gasteiger charge is 2.25. The summed E-state index contributed by atoms with van der Waals surface area (Å²) >= 11 is 3.18. The van der Waals surface area contributed by atoms with E-state index in [1.165, 1.54) is 11.3 Å². The van der Waals surface area contributed by atoms with E-state index >= 15 is 0 Å². The van der Waals surface area contributed by atoms with E-state index in [2.05, 4.69) is 11.0 Å². The van der Waals surface area contributed by atoms with E-state index in [4.69, 9.17) is 19.2 Å². The SMILES string of the molecule is CCOc1cc(C(=O)N(CCN(C)C)c2nc3c(SC)cccc3s2)cc(OCC)c1OCC.Cl. The van der Waals surface area contributed by atoms with Gasteiger partial charge in [-0.3, -0.25) is 9.69 Å². The first-order valence-electron chi connectivity index (χ1n) is 11.4. The number of rotatable bonds is 12. The van der Waals surface area contributed by atoms with Gasteiger partial charge in [0.15, 0.2) is 16.6 Å². The normalized spacial score (nSPS) is 10.8. The molecule has 0 aliphatic heterocycles. The Morgan fingerprint density at radius 1 is 1.00 bits per heavy atom. The van der Waals surface area contributed by atoms with Crippen LogP contribution in [-0.2, 0) is 0 Å². The largest absolute Gasteiger partial charge is 0.490 e. The molecule has 0 fully saturated rings. The molecule has 1 heterocycles. The summed E-state index contributed by atoms with van der Waals surface area (Å²) in [5.74, 6) is 1.36. The molecule has 3 aromatic rings. The summed E-state index contributed by atoms with van der Waals surface area (Å²) in [6.45, 7) is 8.27. The number of fused-ring (bicyclic) bond motifs is 1. The van der Waals surface area contributed by atoms with Gasteiger partial charge < -0.3 is 19.1 Å². The van der Waals surface area contributed by atoms with Crippen LogP contribution in [0.3, 0.4) is 0 Å². The fraction of sp³-hybridized carbons (Fsp3) is 0.440. The van der Waals surface area contributed by atoms with Crippen LogP contribution in [0.25, 0.3) is 10.2 Å². The number of carbonyl (C=O) groups is 1. The minimum Gasteiger partial charge on any atom is -0.490 e. The highest BCUT2D eigenvalue weighted by molar-refractivity contribution is 7.98. The fourth-order valence-corrected chi connectivity index (χ4v) is 5.09. The minimum atomic E-state index is -0.156. The second-order valence-electron chi connectivity index (χ2n) is 7.66. The van der Waals surface area contributed by atoms with E-state index in [0.717, 1.165) is 15.1 Å². The average Bonchev–Trinajstić information content (AvgIpc) is 3.25. The molecule has 0 aliphatic rings. The highest BCUT2D eigenvalue weighted by Crippen LogP contribution is 2.40. The van der Waals surface area contributed by atoms with Gasteiger partial charge in [-0.05, 0) is 65.4 Å². The van der Waals surface area contributed by atoms with E-state index in [9.17, 15) is 4.79 Å². The highest BCUT2D eigenvalue weighted by atomic mass is 35.5. The average molecular weight is 540 g/mol. The maximum atomic E-state index is 13.9. The van der Waals surface area contributed by atoms with E-state index in [1.807, 2.05) is 53.3 Å². The van der Waals surface area contributed by atoms with Gasteiger partial charge in [-0.15, -0.1) is 24.2 Å². The quantitative estimate of drug-likeness (QED) is 0.268. The molecular weight excluding hydrogens is 506 g/mol. The minimum absolute atomic E-state index is 0. The third kappa shape index (κ3) is 6.94. The molecular formula is C25H34ClN3O4S2. The van der Waals surface area contributed by atoms with Crippen LogP contribution in [0.2, 0.25) is 0 Å². The predicted octanol–water partition coefficient (Wildman–Crippen LogP) is 5.84. The predicted molar refractivity (Wildman–Crippen MR) is 149 cm³/mol. The summed E-state index contributed by atoms with van der Waals surface area (Å²) in [6.07, 6.45) is 2.03. The standard InChI is InChI=1S/C25H33N3O4S2.ClH/c1-7-30-18-15-17(16-19(31-8-2)23(18)32-9-3)24(29)28(14-13-27(4)5)25-26-22-20(33-6)11-10-12-21(22)34-25;/h10-12,15-16H,7-9,13-14H2,1-6H3;1H. The molecule has 0 saturated carbocycles. The number of aromatic nitrogens is 1. The maximum absolute atomic E-state index is 13.9. The summed E-state index contributed by atoms with van der Waals surface area (Å²) < 4.78 is 18.5. The van der Waals surface area contributed by atoms with Gasteiger partial charge in [-0.1, -0.05) is 17.4 Å². The first-order chi connectivity index (χ1) is 16.4. The third-order valence-electron chi connectivity index (χ3n) is 4.99. The number of nitrogens with zero attached hydrogens (tertiary/aromatic N) is 3. The lowest BCUT2D eigenvalue weighted by atomic mass is 10.1. The molecule has 0 spiro atoms. The topological polar surface area (TPSA) is 64.1 Å². The number of thiazole rings is 1. The number of likely N-dealkylation sites (N-methyl/N-ethyl adjacent to an activating group) is 1. The van der Waals surface area contributed by atoms with Gasteiger partial charge in [-0.2, -0.15) is 0 Å². The van der Waals surface area contributed by atoms with Gasteiger partial charge in [0, 0.05) is 23.5 Å². The molecule has 0 bridgehead atoms. The van der Waals surface area contributed by atoms with Crippen LogP contribution in [0.4, 0.5) is 5.13 Å². The summed E-state index contributed by atoms with van der Waals surface area (Å²) in [5, 5.41) is 0.674. The lowest BCUT2D eigenvalue weighted by Crippen LogP contribution is -2.36. The molecule has 0 atom stereocenters. The van der Waals surface area contributed by atoms with Gasteiger partial charge in [0.05, 0.1) is 30.0 Å². The van der Waals surface area contributed by atoms with Crippen molar-refractivity contribution in [1.29, 1.82) is 0 Å². The molecule has 192 valence electrons. The number of thioether (sulfide) groups is 1. The van der Waals surface area contributed by atoms with E-state index in [1.54, 1.807) is 28.8 Å². The van der Waals surface area contributed by atoms with Crippen molar-refractivity contribution in [1.82, 2.24) is 9.88 Å². The van der Waals surface area contributed by atoms with E-state index in [-0.39, 0.29) is 18.3 Å². The molecule has 0 N–H and O–H groups in total. The second-order valence-corrected chi connectivity index (χ2v) is 9.52. The Kier molecular flexibility index (Phi) is 11.4. The summed E-state index contributed by atoms with van der Waals surface area (Å²) in [6, 6.07) is 9.60. The first-order valence-corrected chi connectivity index (χ1v) is 13.4. The van der Waals surface area contributed by atoms with E-state index in [0.29, 0.717) is 60.9 Å². The number of amides is 1. The maximum Gasteiger partial charge on any atom is 0.260 e. The van der Waals surface area contributed by atoms with Crippen molar-refractivity contribution in [2.24, 2.45) is 0 Å². The van der Waals surface area contributed by atoms with Crippen molar-refractivity contribution >= 4 is 56.8 Å². The lowest BCUT2D eigenvalue weighted by molar-refractivity contribution is 0.0984. The Balaban J connectivity index is 0.00000432. The van der Waals surface area contributed by atoms with Crippen LogP contribution in [-0.4, -0.2) is 69.1 Å². The number of hydrogen-bond donors (Lipinski definition) is 0. The molecule has 3 rings (SSSR count). The van der Waals surface area contributed by atoms with Gasteiger partial charge in [0.25, 0.3) is 5.91 Å². The van der Waals surface area contributed by atoms with Gasteiger partial charge >= 0.3 is 0 Å². The Labute approximate surface area is 222 Å². The molecule has 0 aliphatic carbocycles. The zero-order valence-electron chi connectivity index (χ0n) is 21.1. The number of benzene rings is 2. The number of ether oxygens (including phenoxy) is 3. The second kappa shape index (κ2) is 13.8. The van der Waals surface area contributed by atoms with Gasteiger partial charge in [-0.25, -0.2) is 4.98 Å². The van der Waals surface area contributed by atoms with Crippen LogP contribution in [0.5, 0.6) is 17.2 Å². The van der Waals surface area contributed by atoms with Gasteiger partial charge in [0.1, 0.15) is 0 Å². The summed E-state index contributed by atoms with van der Waals surface area (Å²) in [7, 11) is 3.98.